The van der Waals surface area contributed by atoms with Crippen LogP contribution >= 0.6 is 23.4 Å². The topological polar surface area (TPSA) is 100 Å². The molecule has 5 rings (SSSR count). The number of carbonyl (C=O) groups is 2. The lowest BCUT2D eigenvalue weighted by Gasteiger charge is -2.51. The first kappa shape index (κ1) is 31.7. The first-order chi connectivity index (χ1) is 20.5. The minimum Gasteiger partial charge on any atom is -0.444 e. The van der Waals surface area contributed by atoms with E-state index in [2.05, 4.69) is 21.2 Å². The Morgan fingerprint density at radius 1 is 1.05 bits per heavy atom. The molecule has 10 nitrogen and oxygen atoms in total. The number of likely N-dealkylation sites (tertiary alicyclic amines) is 1. The molecule has 1 aromatic carbocycles. The first-order valence-electron chi connectivity index (χ1n) is 15.0. The molecule has 1 N–H and O–H groups in total. The molecular formula is C31H43ClN6O4S. The van der Waals surface area contributed by atoms with Crippen LogP contribution in [0.15, 0.2) is 40.5 Å². The Morgan fingerprint density at radius 3 is 2.42 bits per heavy atom. The number of halogens is 1. The highest BCUT2D eigenvalue weighted by Crippen LogP contribution is 2.43. The minimum absolute atomic E-state index is 0.0281. The van der Waals surface area contributed by atoms with Crippen LogP contribution in [0.5, 0.6) is 0 Å². The molecule has 2 aromatic rings. The van der Waals surface area contributed by atoms with Crippen LogP contribution in [0.1, 0.15) is 53.4 Å². The van der Waals surface area contributed by atoms with Gasteiger partial charge < -0.3 is 29.5 Å². The van der Waals surface area contributed by atoms with Crippen molar-refractivity contribution in [2.45, 2.75) is 81.0 Å². The fourth-order valence-electron chi connectivity index (χ4n) is 6.35. The molecule has 0 aliphatic carbocycles. The summed E-state index contributed by atoms with van der Waals surface area (Å²) >= 11 is 8.35. The highest BCUT2D eigenvalue weighted by Gasteiger charge is 2.46. The molecule has 1 spiro atoms. The monoisotopic (exact) mass is 630 g/mol. The van der Waals surface area contributed by atoms with Crippen LogP contribution in [-0.2, 0) is 14.3 Å². The van der Waals surface area contributed by atoms with Crippen molar-refractivity contribution in [1.82, 2.24) is 20.2 Å². The SMILES string of the molecule is CO[C@@H]1CCN(c2cccc(Sc3cnc(N4CCC5(CCN(C(C)=O)CC5NC(=O)OC(C)(C)C)CC4)cn3)c2Cl)C1. The number of carbonyl (C=O) groups excluding carboxylic acids is 2. The third kappa shape index (κ3) is 7.49. The van der Waals surface area contributed by atoms with Gasteiger partial charge in [-0.15, -0.1) is 0 Å². The Labute approximate surface area is 263 Å². The maximum Gasteiger partial charge on any atom is 0.407 e. The molecule has 0 radical (unpaired) electrons. The number of rotatable bonds is 6. The summed E-state index contributed by atoms with van der Waals surface area (Å²) in [4.78, 5) is 41.7. The second kappa shape index (κ2) is 13.1. The van der Waals surface area contributed by atoms with E-state index in [1.165, 1.54) is 11.8 Å². The summed E-state index contributed by atoms with van der Waals surface area (Å²) in [5, 5.41) is 4.62. The van der Waals surface area contributed by atoms with Crippen LogP contribution in [0, 0.1) is 5.41 Å². The number of amides is 2. The molecule has 2 amide bonds. The van der Waals surface area contributed by atoms with Gasteiger partial charge >= 0.3 is 6.09 Å². The molecule has 1 unspecified atom stereocenters. The van der Waals surface area contributed by atoms with Crippen molar-refractivity contribution in [3.8, 4) is 0 Å². The van der Waals surface area contributed by atoms with Gasteiger partial charge in [-0.3, -0.25) is 4.79 Å². The Morgan fingerprint density at radius 2 is 1.79 bits per heavy atom. The van der Waals surface area contributed by atoms with Gasteiger partial charge in [0.1, 0.15) is 16.4 Å². The average Bonchev–Trinajstić information content (AvgIpc) is 3.44. The quantitative estimate of drug-likeness (QED) is 0.459. The van der Waals surface area contributed by atoms with E-state index in [1.54, 1.807) is 14.0 Å². The van der Waals surface area contributed by atoms with Gasteiger partial charge in [-0.1, -0.05) is 29.4 Å². The summed E-state index contributed by atoms with van der Waals surface area (Å²) in [6.45, 7) is 11.7. The Kier molecular flexibility index (Phi) is 9.63. The predicted octanol–water partition coefficient (Wildman–Crippen LogP) is 5.24. The Hall–Kier alpha value is -2.76. The molecule has 2 atom stereocenters. The maximum atomic E-state index is 12.7. The fraction of sp³-hybridized carbons (Fsp3) is 0.613. The van der Waals surface area contributed by atoms with E-state index in [9.17, 15) is 9.59 Å². The smallest absolute Gasteiger partial charge is 0.407 e. The van der Waals surface area contributed by atoms with E-state index in [0.717, 1.165) is 78.3 Å². The Bertz CT molecular complexity index is 1300. The fourth-order valence-corrected chi connectivity index (χ4v) is 7.49. The van der Waals surface area contributed by atoms with E-state index in [1.807, 2.05) is 50.2 Å². The highest BCUT2D eigenvalue weighted by atomic mass is 35.5. The van der Waals surface area contributed by atoms with Crippen molar-refractivity contribution in [1.29, 1.82) is 0 Å². The standard InChI is InChI=1S/C31H43ClN6O4S/c1-21(39)37-16-12-31(25(20-37)35-29(40)42-30(2,3)4)10-14-36(15-11-31)26-17-34-27(18-33-26)43-24-8-6-7-23(28(24)32)38-13-9-22(19-38)41-5/h6-8,17-18,22,25H,9-16,19-20H2,1-5H3,(H,35,40)/t22-,25?/m1/s1. The number of benzene rings is 1. The molecule has 12 heteroatoms. The van der Waals surface area contributed by atoms with Crippen LogP contribution in [0.25, 0.3) is 0 Å². The molecule has 4 heterocycles. The lowest BCUT2D eigenvalue weighted by Crippen LogP contribution is -2.62. The maximum absolute atomic E-state index is 12.7. The number of hydrogen-bond donors (Lipinski definition) is 1. The summed E-state index contributed by atoms with van der Waals surface area (Å²) in [5.41, 5.74) is 0.323. The molecule has 1 aromatic heterocycles. The summed E-state index contributed by atoms with van der Waals surface area (Å²) in [5.74, 6) is 0.861. The lowest BCUT2D eigenvalue weighted by molar-refractivity contribution is -0.132. The number of nitrogens with zero attached hydrogens (tertiary/aromatic N) is 5. The van der Waals surface area contributed by atoms with Crippen LogP contribution in [0.4, 0.5) is 16.3 Å². The van der Waals surface area contributed by atoms with Gasteiger partial charge in [0.15, 0.2) is 0 Å². The molecule has 234 valence electrons. The summed E-state index contributed by atoms with van der Waals surface area (Å²) in [7, 11) is 1.76. The van der Waals surface area contributed by atoms with Crippen LogP contribution in [0.3, 0.4) is 0 Å². The third-order valence-electron chi connectivity index (χ3n) is 8.83. The van der Waals surface area contributed by atoms with E-state index in [-0.39, 0.29) is 23.5 Å². The number of ether oxygens (including phenoxy) is 2. The minimum atomic E-state index is -0.589. The van der Waals surface area contributed by atoms with Crippen molar-refractivity contribution >= 4 is 46.9 Å². The number of methoxy groups -OCH3 is 1. The second-order valence-electron chi connectivity index (χ2n) is 12.8. The highest BCUT2D eigenvalue weighted by molar-refractivity contribution is 7.99. The van der Waals surface area contributed by atoms with Crippen LogP contribution < -0.4 is 15.1 Å². The summed E-state index contributed by atoms with van der Waals surface area (Å²) in [6, 6.07) is 5.92. The van der Waals surface area contributed by atoms with Gasteiger partial charge in [0.05, 0.1) is 35.2 Å². The van der Waals surface area contributed by atoms with E-state index >= 15 is 0 Å². The van der Waals surface area contributed by atoms with Crippen molar-refractivity contribution in [2.24, 2.45) is 5.41 Å². The van der Waals surface area contributed by atoms with Gasteiger partial charge in [0, 0.05) is 58.2 Å². The number of alkyl carbamates (subject to hydrolysis) is 1. The normalized spacial score (nSPS) is 22.1. The zero-order chi connectivity index (χ0) is 30.8. The van der Waals surface area contributed by atoms with Crippen LogP contribution in [-0.4, -0.2) is 91.0 Å². The van der Waals surface area contributed by atoms with Crippen molar-refractivity contribution in [2.75, 3.05) is 56.2 Å². The average molecular weight is 631 g/mol. The Balaban J connectivity index is 1.22. The number of anilines is 2. The number of piperidine rings is 2. The van der Waals surface area contributed by atoms with Gasteiger partial charge in [0.2, 0.25) is 5.91 Å². The van der Waals surface area contributed by atoms with E-state index < -0.39 is 11.7 Å². The van der Waals surface area contributed by atoms with Gasteiger partial charge in [-0.25, -0.2) is 14.8 Å². The molecule has 3 saturated heterocycles. The molecular weight excluding hydrogens is 588 g/mol. The summed E-state index contributed by atoms with van der Waals surface area (Å²) in [6.07, 6.45) is 7.02. The van der Waals surface area contributed by atoms with Crippen molar-refractivity contribution in [3.63, 3.8) is 0 Å². The second-order valence-corrected chi connectivity index (χ2v) is 14.2. The van der Waals surface area contributed by atoms with Crippen molar-refractivity contribution < 1.29 is 19.1 Å². The molecule has 3 fully saturated rings. The summed E-state index contributed by atoms with van der Waals surface area (Å²) < 4.78 is 11.1. The number of nitrogens with one attached hydrogen (secondary N) is 1. The molecule has 0 saturated carbocycles. The number of aromatic nitrogens is 2. The zero-order valence-corrected chi connectivity index (χ0v) is 27.3. The first-order valence-corrected chi connectivity index (χ1v) is 16.2. The van der Waals surface area contributed by atoms with Gasteiger partial charge in [-0.05, 0) is 64.0 Å². The van der Waals surface area contributed by atoms with Gasteiger partial charge in [-0.2, -0.15) is 0 Å². The third-order valence-corrected chi connectivity index (χ3v) is 10.3. The zero-order valence-electron chi connectivity index (χ0n) is 25.8. The van der Waals surface area contributed by atoms with E-state index in [4.69, 9.17) is 31.0 Å². The van der Waals surface area contributed by atoms with E-state index in [0.29, 0.717) is 13.1 Å². The lowest BCUT2D eigenvalue weighted by atomic mass is 9.68. The largest absolute Gasteiger partial charge is 0.444 e. The predicted molar refractivity (Wildman–Crippen MR) is 169 cm³/mol. The van der Waals surface area contributed by atoms with Gasteiger partial charge in [0.25, 0.3) is 0 Å². The molecule has 3 aliphatic heterocycles. The molecule has 43 heavy (non-hydrogen) atoms. The van der Waals surface area contributed by atoms with Crippen LogP contribution in [0.2, 0.25) is 5.02 Å². The van der Waals surface area contributed by atoms with Crippen molar-refractivity contribution in [3.05, 3.63) is 35.6 Å². The molecule has 3 aliphatic rings. The molecule has 0 bridgehead atoms. The number of hydrogen-bond acceptors (Lipinski definition) is 9.